The summed E-state index contributed by atoms with van der Waals surface area (Å²) >= 11 is 5.18. The van der Waals surface area contributed by atoms with Crippen LogP contribution in [0.5, 0.6) is 0 Å². The molecular weight excluding hydrogens is 206 g/mol. The molecule has 4 heteroatoms. The average Bonchev–Trinajstić information content (AvgIpc) is 2.58. The van der Waals surface area contributed by atoms with Crippen molar-refractivity contribution in [1.29, 1.82) is 0 Å². The lowest BCUT2D eigenvalue weighted by atomic mass is 10.2. The lowest BCUT2D eigenvalue weighted by molar-refractivity contribution is 0.668. The molecule has 0 unspecified atom stereocenters. The van der Waals surface area contributed by atoms with Crippen molar-refractivity contribution >= 4 is 12.2 Å². The standard InChI is InChI=1S/C11H13N3S/c1-9-8-13-11(15)14(9)7-4-10-2-5-12-6-3-10/h2-3,5-6,8H,4,7H2,1H3,(H,13,15). The maximum Gasteiger partial charge on any atom is 0.177 e. The third kappa shape index (κ3) is 2.33. The quantitative estimate of drug-likeness (QED) is 0.805. The highest BCUT2D eigenvalue weighted by atomic mass is 32.1. The van der Waals surface area contributed by atoms with Crippen LogP contribution in [0.4, 0.5) is 0 Å². The Balaban J connectivity index is 2.09. The molecule has 0 fully saturated rings. The number of rotatable bonds is 3. The molecule has 15 heavy (non-hydrogen) atoms. The summed E-state index contributed by atoms with van der Waals surface area (Å²) in [6.07, 6.45) is 6.56. The van der Waals surface area contributed by atoms with Crippen molar-refractivity contribution in [2.45, 2.75) is 19.9 Å². The fraction of sp³-hybridized carbons (Fsp3) is 0.273. The van der Waals surface area contributed by atoms with Gasteiger partial charge >= 0.3 is 0 Å². The van der Waals surface area contributed by atoms with Gasteiger partial charge in [-0.1, -0.05) is 0 Å². The van der Waals surface area contributed by atoms with Crippen LogP contribution in [0.1, 0.15) is 11.3 Å². The molecule has 0 aliphatic carbocycles. The molecule has 0 radical (unpaired) electrons. The molecule has 0 saturated heterocycles. The maximum atomic E-state index is 5.18. The Morgan fingerprint density at radius 2 is 2.13 bits per heavy atom. The minimum absolute atomic E-state index is 0.793. The summed E-state index contributed by atoms with van der Waals surface area (Å²) < 4.78 is 2.90. The fourth-order valence-electron chi connectivity index (χ4n) is 1.55. The second-order valence-corrected chi connectivity index (χ2v) is 3.88. The number of nitrogens with one attached hydrogen (secondary N) is 1. The maximum absolute atomic E-state index is 5.18. The van der Waals surface area contributed by atoms with E-state index >= 15 is 0 Å². The highest BCUT2D eigenvalue weighted by molar-refractivity contribution is 7.71. The van der Waals surface area contributed by atoms with E-state index in [0.29, 0.717) is 0 Å². The van der Waals surface area contributed by atoms with Crippen molar-refractivity contribution in [2.24, 2.45) is 0 Å². The van der Waals surface area contributed by atoms with Gasteiger partial charge in [0.05, 0.1) is 0 Å². The molecular formula is C11H13N3S. The predicted molar refractivity (Wildman–Crippen MR) is 62.3 cm³/mol. The number of aryl methyl sites for hydroxylation is 2. The van der Waals surface area contributed by atoms with E-state index in [9.17, 15) is 0 Å². The second kappa shape index (κ2) is 4.40. The van der Waals surface area contributed by atoms with Gasteiger partial charge in [0, 0.05) is 30.8 Å². The van der Waals surface area contributed by atoms with Gasteiger partial charge in [-0.3, -0.25) is 4.98 Å². The van der Waals surface area contributed by atoms with E-state index in [1.165, 1.54) is 11.3 Å². The molecule has 1 N–H and O–H groups in total. The summed E-state index contributed by atoms with van der Waals surface area (Å²) in [6, 6.07) is 4.07. The predicted octanol–water partition coefficient (Wildman–Crippen LogP) is 2.49. The summed E-state index contributed by atoms with van der Waals surface area (Å²) in [5, 5.41) is 0. The molecule has 0 spiro atoms. The van der Waals surface area contributed by atoms with Crippen LogP contribution >= 0.6 is 12.2 Å². The first-order valence-electron chi connectivity index (χ1n) is 4.91. The van der Waals surface area contributed by atoms with Crippen LogP contribution in [0.25, 0.3) is 0 Å². The Morgan fingerprint density at radius 1 is 1.40 bits per heavy atom. The summed E-state index contributed by atoms with van der Waals surface area (Å²) in [4.78, 5) is 7.03. The number of aromatic amines is 1. The van der Waals surface area contributed by atoms with Gasteiger partial charge in [0.2, 0.25) is 0 Å². The Labute approximate surface area is 93.8 Å². The number of nitrogens with zero attached hydrogens (tertiary/aromatic N) is 2. The molecule has 0 bridgehead atoms. The zero-order valence-corrected chi connectivity index (χ0v) is 9.42. The van der Waals surface area contributed by atoms with Gasteiger partial charge in [-0.05, 0) is 43.3 Å². The molecule has 0 atom stereocenters. The molecule has 78 valence electrons. The summed E-state index contributed by atoms with van der Waals surface area (Å²) in [5.41, 5.74) is 2.46. The summed E-state index contributed by atoms with van der Waals surface area (Å²) in [5.74, 6) is 0. The first kappa shape index (κ1) is 10.1. The van der Waals surface area contributed by atoms with Gasteiger partial charge in [0.1, 0.15) is 0 Å². The minimum Gasteiger partial charge on any atom is -0.337 e. The topological polar surface area (TPSA) is 33.6 Å². The molecule has 0 aliphatic rings. The van der Waals surface area contributed by atoms with E-state index in [2.05, 4.69) is 21.5 Å². The van der Waals surface area contributed by atoms with Gasteiger partial charge in [0.15, 0.2) is 4.77 Å². The first-order valence-corrected chi connectivity index (χ1v) is 5.32. The van der Waals surface area contributed by atoms with E-state index < -0.39 is 0 Å². The van der Waals surface area contributed by atoms with Crippen LogP contribution in [0.15, 0.2) is 30.7 Å². The van der Waals surface area contributed by atoms with Gasteiger partial charge in [-0.2, -0.15) is 0 Å². The van der Waals surface area contributed by atoms with Crippen molar-refractivity contribution in [1.82, 2.24) is 14.5 Å². The van der Waals surface area contributed by atoms with E-state index in [4.69, 9.17) is 12.2 Å². The summed E-state index contributed by atoms with van der Waals surface area (Å²) in [6.45, 7) is 2.97. The number of pyridine rings is 1. The molecule has 2 aromatic heterocycles. The molecule has 2 heterocycles. The molecule has 0 saturated carbocycles. The Kier molecular flexibility index (Phi) is 2.97. The molecule has 2 rings (SSSR count). The van der Waals surface area contributed by atoms with Crippen LogP contribution in [0, 0.1) is 11.7 Å². The van der Waals surface area contributed by atoms with E-state index in [1.807, 2.05) is 30.7 Å². The second-order valence-electron chi connectivity index (χ2n) is 3.49. The van der Waals surface area contributed by atoms with Crippen LogP contribution in [0.3, 0.4) is 0 Å². The van der Waals surface area contributed by atoms with Crippen molar-refractivity contribution in [3.05, 3.63) is 46.8 Å². The molecule has 0 aromatic carbocycles. The molecule has 0 aliphatic heterocycles. The third-order valence-electron chi connectivity index (χ3n) is 2.45. The van der Waals surface area contributed by atoms with Gasteiger partial charge in [-0.25, -0.2) is 0 Å². The van der Waals surface area contributed by atoms with Crippen LogP contribution in [-0.2, 0) is 13.0 Å². The minimum atomic E-state index is 0.793. The molecule has 3 nitrogen and oxygen atoms in total. The largest absolute Gasteiger partial charge is 0.337 e. The number of aromatic nitrogens is 3. The van der Waals surface area contributed by atoms with Crippen molar-refractivity contribution in [2.75, 3.05) is 0 Å². The highest BCUT2D eigenvalue weighted by Gasteiger charge is 1.99. The fourth-order valence-corrected chi connectivity index (χ4v) is 1.84. The van der Waals surface area contributed by atoms with Crippen molar-refractivity contribution in [3.63, 3.8) is 0 Å². The SMILES string of the molecule is Cc1c[nH]c(=S)n1CCc1ccncc1. The normalized spacial score (nSPS) is 10.5. The number of hydrogen-bond acceptors (Lipinski definition) is 2. The Hall–Kier alpha value is -1.42. The number of imidazole rings is 1. The Morgan fingerprint density at radius 3 is 2.73 bits per heavy atom. The third-order valence-corrected chi connectivity index (χ3v) is 2.79. The van der Waals surface area contributed by atoms with E-state index in [0.717, 1.165) is 17.7 Å². The van der Waals surface area contributed by atoms with Crippen molar-refractivity contribution < 1.29 is 0 Å². The van der Waals surface area contributed by atoms with Gasteiger partial charge in [0.25, 0.3) is 0 Å². The lowest BCUT2D eigenvalue weighted by Gasteiger charge is -2.04. The van der Waals surface area contributed by atoms with Gasteiger partial charge in [-0.15, -0.1) is 0 Å². The van der Waals surface area contributed by atoms with E-state index in [-0.39, 0.29) is 0 Å². The zero-order chi connectivity index (χ0) is 10.7. The van der Waals surface area contributed by atoms with Crippen LogP contribution in [0.2, 0.25) is 0 Å². The van der Waals surface area contributed by atoms with Crippen molar-refractivity contribution in [3.8, 4) is 0 Å². The lowest BCUT2D eigenvalue weighted by Crippen LogP contribution is -2.03. The smallest absolute Gasteiger partial charge is 0.177 e. The van der Waals surface area contributed by atoms with Crippen LogP contribution in [-0.4, -0.2) is 14.5 Å². The van der Waals surface area contributed by atoms with E-state index in [1.54, 1.807) is 0 Å². The van der Waals surface area contributed by atoms with Gasteiger partial charge < -0.3 is 9.55 Å². The first-order chi connectivity index (χ1) is 7.27. The average molecular weight is 219 g/mol. The highest BCUT2D eigenvalue weighted by Crippen LogP contribution is 2.04. The Bertz CT molecular complexity index is 484. The van der Waals surface area contributed by atoms with Crippen LogP contribution < -0.4 is 0 Å². The molecule has 2 aromatic rings. The summed E-state index contributed by atoms with van der Waals surface area (Å²) in [7, 11) is 0. The zero-order valence-electron chi connectivity index (χ0n) is 8.60. The monoisotopic (exact) mass is 219 g/mol. The number of H-pyrrole nitrogens is 1. The number of hydrogen-bond donors (Lipinski definition) is 1. The molecule has 0 amide bonds.